The van der Waals surface area contributed by atoms with Crippen LogP contribution in [-0.4, -0.2) is 15.4 Å². The van der Waals surface area contributed by atoms with Gasteiger partial charge in [-0.1, -0.05) is 0 Å². The summed E-state index contributed by atoms with van der Waals surface area (Å²) in [5.41, 5.74) is 5.17. The third kappa shape index (κ3) is 4.74. The molecule has 0 saturated heterocycles. The zero-order valence-electron chi connectivity index (χ0n) is 4.43. The van der Waals surface area contributed by atoms with Gasteiger partial charge in [0.15, 0.2) is 4.69 Å². The number of halogens is 2. The third-order valence-electron chi connectivity index (χ3n) is 0.672. The Bertz CT molecular complexity index is 137. The van der Waals surface area contributed by atoms with Crippen LogP contribution in [0.1, 0.15) is 6.42 Å². The highest BCUT2D eigenvalue weighted by atomic mass is 79.9. The van der Waals surface area contributed by atoms with Crippen molar-refractivity contribution in [2.24, 2.45) is 5.73 Å². The quantitative estimate of drug-likeness (QED) is 0.752. The Morgan fingerprint density at radius 3 is 2.00 bits per heavy atom. The molecule has 9 heavy (non-hydrogen) atoms. The minimum Gasteiger partial charge on any atom is -0.320 e. The highest BCUT2D eigenvalue weighted by Gasteiger charge is 2.12. The summed E-state index contributed by atoms with van der Waals surface area (Å²) in [6.45, 7) is 0. The Hall–Kier alpha value is 0.260. The van der Waals surface area contributed by atoms with Crippen LogP contribution in [0.4, 0.5) is 0 Å². The molecule has 0 aromatic heterocycles. The highest BCUT2D eigenvalue weighted by Crippen LogP contribution is 2.00. The van der Waals surface area contributed by atoms with Gasteiger partial charge >= 0.3 is 0 Å². The third-order valence-corrected chi connectivity index (χ3v) is 1.58. The normalized spacial score (nSPS) is 12.8. The second-order valence-electron chi connectivity index (χ2n) is 1.47. The molecule has 0 saturated carbocycles. The number of hydrogen-bond acceptors (Lipinski definition) is 3. The van der Waals surface area contributed by atoms with Crippen molar-refractivity contribution in [1.29, 1.82) is 0 Å². The first-order valence-corrected chi connectivity index (χ1v) is 3.76. The first-order chi connectivity index (χ1) is 4.04. The van der Waals surface area contributed by atoms with E-state index in [9.17, 15) is 9.59 Å². The van der Waals surface area contributed by atoms with Gasteiger partial charge in [0.1, 0.15) is 0 Å². The van der Waals surface area contributed by atoms with E-state index in [1.54, 1.807) is 0 Å². The predicted octanol–water partition coefficient (Wildman–Crippen LogP) is 0.547. The van der Waals surface area contributed by atoms with E-state index in [0.29, 0.717) is 0 Å². The Balaban J connectivity index is 3.63. The number of rotatable bonds is 3. The van der Waals surface area contributed by atoms with E-state index in [1.165, 1.54) is 0 Å². The molecule has 0 aliphatic heterocycles. The van der Waals surface area contributed by atoms with E-state index in [1.807, 2.05) is 0 Å². The van der Waals surface area contributed by atoms with Crippen molar-refractivity contribution >= 4 is 41.2 Å². The lowest BCUT2D eigenvalue weighted by Crippen LogP contribution is -2.27. The Morgan fingerprint density at radius 2 is 1.89 bits per heavy atom. The molecule has 5 heteroatoms. The fourth-order valence-electron chi connectivity index (χ4n) is 0.253. The molecule has 0 aliphatic rings. The fraction of sp³-hybridized carbons (Fsp3) is 0.500. The largest absolute Gasteiger partial charge is 0.320 e. The number of hydrogen-bond donors (Lipinski definition) is 1. The van der Waals surface area contributed by atoms with E-state index in [0.717, 1.165) is 0 Å². The number of nitrogens with two attached hydrogens (primary N) is 1. The molecule has 2 N–H and O–H groups in total. The van der Waals surface area contributed by atoms with Crippen LogP contribution in [0.5, 0.6) is 0 Å². The molecule has 52 valence electrons. The second kappa shape index (κ2) is 4.14. The average molecular weight is 259 g/mol. The van der Waals surface area contributed by atoms with Crippen molar-refractivity contribution in [2.75, 3.05) is 0 Å². The van der Waals surface area contributed by atoms with Gasteiger partial charge in [-0.25, -0.2) is 0 Å². The summed E-state index contributed by atoms with van der Waals surface area (Å²) in [4.78, 5) is 20.5. The van der Waals surface area contributed by atoms with Crippen molar-refractivity contribution in [3.63, 3.8) is 0 Å². The van der Waals surface area contributed by atoms with Crippen LogP contribution in [0.15, 0.2) is 0 Å². The van der Waals surface area contributed by atoms with Gasteiger partial charge in [-0.05, 0) is 31.9 Å². The summed E-state index contributed by atoms with van der Waals surface area (Å²) in [5.74, 6) is 0. The van der Waals surface area contributed by atoms with Gasteiger partial charge in [-0.15, -0.1) is 0 Å². The van der Waals surface area contributed by atoms with Crippen LogP contribution in [0.2, 0.25) is 0 Å². The molecule has 0 unspecified atom stereocenters. The van der Waals surface area contributed by atoms with E-state index in [2.05, 4.69) is 31.9 Å². The highest BCUT2D eigenvalue weighted by molar-refractivity contribution is 9.18. The van der Waals surface area contributed by atoms with Crippen molar-refractivity contribution in [3.05, 3.63) is 0 Å². The van der Waals surface area contributed by atoms with Crippen LogP contribution in [0, 0.1) is 0 Å². The van der Waals surface area contributed by atoms with Crippen LogP contribution in [0.3, 0.4) is 0 Å². The van der Waals surface area contributed by atoms with Gasteiger partial charge < -0.3 is 5.73 Å². The average Bonchev–Trinajstić information content (AvgIpc) is 1.63. The van der Waals surface area contributed by atoms with Crippen LogP contribution >= 0.6 is 31.9 Å². The summed E-state index contributed by atoms with van der Waals surface area (Å²) < 4.78 is -0.613. The maximum absolute atomic E-state index is 10.3. The van der Waals surface area contributed by atoms with Gasteiger partial charge in [0.05, 0.1) is 6.04 Å². The Labute approximate surface area is 69.2 Å². The fourth-order valence-corrected chi connectivity index (χ4v) is 0.764. The van der Waals surface area contributed by atoms with Crippen molar-refractivity contribution in [3.8, 4) is 0 Å². The summed E-state index contributed by atoms with van der Waals surface area (Å²) in [6.07, 6.45) is 0.0318. The van der Waals surface area contributed by atoms with E-state index in [4.69, 9.17) is 5.73 Å². The molecule has 1 atom stereocenters. The molecule has 0 rings (SSSR count). The zero-order valence-corrected chi connectivity index (χ0v) is 7.61. The van der Waals surface area contributed by atoms with Crippen molar-refractivity contribution in [1.82, 2.24) is 0 Å². The predicted molar refractivity (Wildman–Crippen MR) is 40.5 cm³/mol. The Morgan fingerprint density at radius 1 is 1.44 bits per heavy atom. The van der Waals surface area contributed by atoms with Crippen LogP contribution < -0.4 is 5.73 Å². The van der Waals surface area contributed by atoms with Crippen LogP contribution in [0.25, 0.3) is 0 Å². The van der Waals surface area contributed by atoms with E-state index >= 15 is 0 Å². The molecule has 0 aromatic rings. The molecule has 0 bridgehead atoms. The van der Waals surface area contributed by atoms with Crippen molar-refractivity contribution < 1.29 is 9.59 Å². The van der Waals surface area contributed by atoms with Gasteiger partial charge in [0, 0.05) is 6.42 Å². The molecule has 0 heterocycles. The monoisotopic (exact) mass is 257 g/mol. The smallest absolute Gasteiger partial charge is 0.214 e. The van der Waals surface area contributed by atoms with Gasteiger partial charge in [-0.2, -0.15) is 0 Å². The maximum Gasteiger partial charge on any atom is 0.214 e. The standard InChI is InChI=1S/C4H5Br2NO2/c5-3(8)1-2(7)4(6)9/h2H,1,7H2/t2-/m0/s1. The van der Waals surface area contributed by atoms with Crippen LogP contribution in [-0.2, 0) is 9.59 Å². The maximum atomic E-state index is 10.3. The lowest BCUT2D eigenvalue weighted by atomic mass is 10.3. The molecule has 0 aromatic carbocycles. The van der Waals surface area contributed by atoms with Gasteiger partial charge in [-0.3, -0.25) is 9.59 Å². The SMILES string of the molecule is N[C@@H](CC(=O)Br)C(=O)Br. The molecule has 0 aliphatic carbocycles. The van der Waals surface area contributed by atoms with E-state index < -0.39 is 6.04 Å². The summed E-state index contributed by atoms with van der Waals surface area (Å²) in [7, 11) is 0. The summed E-state index contributed by atoms with van der Waals surface area (Å²) >= 11 is 5.28. The lowest BCUT2D eigenvalue weighted by Gasteiger charge is -1.99. The Kier molecular flexibility index (Phi) is 4.26. The minimum atomic E-state index is -0.725. The molecule has 0 radical (unpaired) electrons. The first-order valence-electron chi connectivity index (χ1n) is 2.17. The molecule has 3 nitrogen and oxygen atoms in total. The first kappa shape index (κ1) is 9.26. The number of carbonyl (C=O) groups excluding carboxylic acids is 2. The lowest BCUT2D eigenvalue weighted by molar-refractivity contribution is -0.116. The molecule has 0 amide bonds. The molecular weight excluding hydrogens is 254 g/mol. The second-order valence-corrected chi connectivity index (χ2v) is 3.14. The zero-order chi connectivity index (χ0) is 7.44. The molecule has 0 spiro atoms. The summed E-state index contributed by atoms with van der Waals surface area (Å²) in [5, 5.41) is 0. The van der Waals surface area contributed by atoms with Gasteiger partial charge in [0.2, 0.25) is 4.69 Å². The molecular formula is C4H5Br2NO2. The van der Waals surface area contributed by atoms with Crippen molar-refractivity contribution in [2.45, 2.75) is 12.5 Å². The molecule has 0 fully saturated rings. The summed E-state index contributed by atoms with van der Waals surface area (Å²) in [6, 6.07) is -0.725. The van der Waals surface area contributed by atoms with E-state index in [-0.39, 0.29) is 15.8 Å². The van der Waals surface area contributed by atoms with Gasteiger partial charge in [0.25, 0.3) is 0 Å². The topological polar surface area (TPSA) is 60.2 Å². The minimum absolute atomic E-state index is 0.0318. The number of carbonyl (C=O) groups is 2.